The number of para-hydroxylation sites is 1. The van der Waals surface area contributed by atoms with Crippen molar-refractivity contribution in [3.05, 3.63) is 36.5 Å². The number of halogens is 1. The fourth-order valence-electron chi connectivity index (χ4n) is 1.62. The summed E-state index contributed by atoms with van der Waals surface area (Å²) in [5.41, 5.74) is 0.782. The Labute approximate surface area is 125 Å². The minimum Gasteiger partial charge on any atom is -0.316 e. The number of fused-ring (bicyclic) bond motifs is 1. The SMILES string of the molecule is CNC(C)CNS(=O)(=O)c1cnc2ccccc2c1.Cl. The van der Waals surface area contributed by atoms with Crippen molar-refractivity contribution in [3.8, 4) is 0 Å². The van der Waals surface area contributed by atoms with Crippen LogP contribution in [0.2, 0.25) is 0 Å². The average molecular weight is 316 g/mol. The zero-order chi connectivity index (χ0) is 13.9. The lowest BCUT2D eigenvalue weighted by Crippen LogP contribution is -2.37. The maximum Gasteiger partial charge on any atom is 0.242 e. The second-order valence-corrected chi connectivity index (χ2v) is 6.17. The Morgan fingerprint density at radius 1 is 1.30 bits per heavy atom. The minimum absolute atomic E-state index is 0. The molecule has 0 spiro atoms. The summed E-state index contributed by atoms with van der Waals surface area (Å²) < 4.78 is 26.8. The molecular weight excluding hydrogens is 298 g/mol. The molecule has 2 N–H and O–H groups in total. The molecule has 0 saturated carbocycles. The Morgan fingerprint density at radius 2 is 2.00 bits per heavy atom. The van der Waals surface area contributed by atoms with Gasteiger partial charge in [-0.2, -0.15) is 0 Å². The van der Waals surface area contributed by atoms with Gasteiger partial charge in [-0.1, -0.05) is 18.2 Å². The Bertz CT molecular complexity index is 676. The van der Waals surface area contributed by atoms with Crippen molar-refractivity contribution >= 4 is 33.3 Å². The predicted molar refractivity (Wildman–Crippen MR) is 82.7 cm³/mol. The van der Waals surface area contributed by atoms with Gasteiger partial charge in [-0.25, -0.2) is 13.1 Å². The quantitative estimate of drug-likeness (QED) is 0.878. The molecule has 0 aliphatic carbocycles. The smallest absolute Gasteiger partial charge is 0.242 e. The van der Waals surface area contributed by atoms with Crippen molar-refractivity contribution in [2.45, 2.75) is 17.9 Å². The van der Waals surface area contributed by atoms with E-state index in [0.29, 0.717) is 6.54 Å². The van der Waals surface area contributed by atoms with Gasteiger partial charge >= 0.3 is 0 Å². The minimum atomic E-state index is -3.51. The molecular formula is C13H18ClN3O2S. The van der Waals surface area contributed by atoms with Gasteiger partial charge in [0.25, 0.3) is 0 Å². The summed E-state index contributed by atoms with van der Waals surface area (Å²) in [6, 6.07) is 9.13. The van der Waals surface area contributed by atoms with Gasteiger partial charge in [0, 0.05) is 24.2 Å². The van der Waals surface area contributed by atoms with E-state index in [-0.39, 0.29) is 23.3 Å². The third-order valence-electron chi connectivity index (χ3n) is 2.95. The number of sulfonamides is 1. The molecule has 7 heteroatoms. The molecule has 0 amide bonds. The lowest BCUT2D eigenvalue weighted by atomic mass is 10.2. The summed E-state index contributed by atoms with van der Waals surface area (Å²) >= 11 is 0. The van der Waals surface area contributed by atoms with Gasteiger partial charge in [0.1, 0.15) is 4.90 Å². The first-order chi connectivity index (χ1) is 9.03. The Balaban J connectivity index is 0.00000200. The van der Waals surface area contributed by atoms with E-state index in [2.05, 4.69) is 15.0 Å². The predicted octanol–water partition coefficient (Wildman–Crippen LogP) is 1.54. The molecule has 1 aromatic heterocycles. The van der Waals surface area contributed by atoms with Gasteiger partial charge in [0.05, 0.1) is 5.52 Å². The first-order valence-electron chi connectivity index (χ1n) is 6.04. The summed E-state index contributed by atoms with van der Waals surface area (Å²) in [5, 5.41) is 3.79. The Hall–Kier alpha value is -1.21. The van der Waals surface area contributed by atoms with Gasteiger partial charge in [-0.15, -0.1) is 12.4 Å². The van der Waals surface area contributed by atoms with Gasteiger partial charge in [0.2, 0.25) is 10.0 Å². The Kier molecular flexibility index (Phi) is 5.88. The molecule has 0 radical (unpaired) electrons. The molecule has 1 aromatic carbocycles. The highest BCUT2D eigenvalue weighted by Gasteiger charge is 2.15. The van der Waals surface area contributed by atoms with E-state index in [0.717, 1.165) is 10.9 Å². The maximum absolute atomic E-state index is 12.1. The molecule has 0 saturated heterocycles. The summed E-state index contributed by atoms with van der Waals surface area (Å²) in [6.45, 7) is 2.24. The van der Waals surface area contributed by atoms with E-state index in [9.17, 15) is 8.42 Å². The van der Waals surface area contributed by atoms with Crippen LogP contribution >= 0.6 is 12.4 Å². The highest BCUT2D eigenvalue weighted by Crippen LogP contribution is 2.16. The highest BCUT2D eigenvalue weighted by molar-refractivity contribution is 7.89. The highest BCUT2D eigenvalue weighted by atomic mass is 35.5. The number of pyridine rings is 1. The first-order valence-corrected chi connectivity index (χ1v) is 7.53. The van der Waals surface area contributed by atoms with E-state index < -0.39 is 10.0 Å². The van der Waals surface area contributed by atoms with Crippen molar-refractivity contribution in [2.24, 2.45) is 0 Å². The maximum atomic E-state index is 12.1. The van der Waals surface area contributed by atoms with Gasteiger partial charge < -0.3 is 5.32 Å². The lowest BCUT2D eigenvalue weighted by molar-refractivity contribution is 0.554. The van der Waals surface area contributed by atoms with Crippen molar-refractivity contribution in [1.29, 1.82) is 0 Å². The third-order valence-corrected chi connectivity index (χ3v) is 4.34. The number of nitrogens with zero attached hydrogens (tertiary/aromatic N) is 1. The molecule has 1 heterocycles. The van der Waals surface area contributed by atoms with Gasteiger partial charge in [-0.3, -0.25) is 4.98 Å². The number of hydrogen-bond donors (Lipinski definition) is 2. The lowest BCUT2D eigenvalue weighted by Gasteiger charge is -2.12. The van der Waals surface area contributed by atoms with Crippen LogP contribution in [0.3, 0.4) is 0 Å². The molecule has 20 heavy (non-hydrogen) atoms. The largest absolute Gasteiger partial charge is 0.316 e. The summed E-state index contributed by atoms with van der Waals surface area (Å²) in [7, 11) is -1.72. The molecule has 0 fully saturated rings. The van der Waals surface area contributed by atoms with Crippen molar-refractivity contribution in [1.82, 2.24) is 15.0 Å². The first kappa shape index (κ1) is 16.8. The number of likely N-dealkylation sites (N-methyl/N-ethyl adjacent to an activating group) is 1. The molecule has 2 aromatic rings. The summed E-state index contributed by atoms with van der Waals surface area (Å²) in [6.07, 6.45) is 1.38. The fraction of sp³-hybridized carbons (Fsp3) is 0.308. The van der Waals surface area contributed by atoms with Crippen LogP contribution in [0.4, 0.5) is 0 Å². The zero-order valence-electron chi connectivity index (χ0n) is 11.3. The second kappa shape index (κ2) is 6.99. The average Bonchev–Trinajstić information content (AvgIpc) is 2.44. The zero-order valence-corrected chi connectivity index (χ0v) is 13.0. The molecule has 110 valence electrons. The van der Waals surface area contributed by atoms with Gasteiger partial charge in [-0.05, 0) is 26.1 Å². The van der Waals surface area contributed by atoms with Crippen LogP contribution < -0.4 is 10.0 Å². The number of rotatable bonds is 5. The van der Waals surface area contributed by atoms with Crippen LogP contribution in [0.5, 0.6) is 0 Å². The van der Waals surface area contributed by atoms with E-state index in [1.807, 2.05) is 31.2 Å². The topological polar surface area (TPSA) is 71.1 Å². The molecule has 5 nitrogen and oxygen atoms in total. The molecule has 1 atom stereocenters. The summed E-state index contributed by atoms with van der Waals surface area (Å²) in [5.74, 6) is 0. The van der Waals surface area contributed by atoms with Crippen molar-refractivity contribution < 1.29 is 8.42 Å². The number of aromatic nitrogens is 1. The molecule has 2 rings (SSSR count). The normalized spacial score (nSPS) is 12.9. The van der Waals surface area contributed by atoms with Gasteiger partial charge in [0.15, 0.2) is 0 Å². The standard InChI is InChI=1S/C13H17N3O2S.ClH/c1-10(14-2)8-16-19(17,18)12-7-11-5-3-4-6-13(11)15-9-12;/h3-7,9-10,14,16H,8H2,1-2H3;1H. The van der Waals surface area contributed by atoms with Crippen LogP contribution in [0.15, 0.2) is 41.4 Å². The van der Waals surface area contributed by atoms with Crippen LogP contribution in [-0.4, -0.2) is 33.0 Å². The molecule has 0 aliphatic rings. The Morgan fingerprint density at radius 3 is 2.70 bits per heavy atom. The van der Waals surface area contributed by atoms with E-state index in [1.54, 1.807) is 13.1 Å². The van der Waals surface area contributed by atoms with Crippen molar-refractivity contribution in [3.63, 3.8) is 0 Å². The van der Waals surface area contributed by atoms with Crippen LogP contribution in [-0.2, 0) is 10.0 Å². The van der Waals surface area contributed by atoms with Crippen LogP contribution in [0.25, 0.3) is 10.9 Å². The number of hydrogen-bond acceptors (Lipinski definition) is 4. The number of benzene rings is 1. The van der Waals surface area contributed by atoms with E-state index in [4.69, 9.17) is 0 Å². The second-order valence-electron chi connectivity index (χ2n) is 4.41. The number of nitrogens with one attached hydrogen (secondary N) is 2. The molecule has 0 bridgehead atoms. The van der Waals surface area contributed by atoms with Crippen LogP contribution in [0, 0.1) is 0 Å². The molecule has 0 aliphatic heterocycles. The summed E-state index contributed by atoms with van der Waals surface area (Å²) in [4.78, 5) is 4.35. The molecule has 1 unspecified atom stereocenters. The van der Waals surface area contributed by atoms with Crippen LogP contribution in [0.1, 0.15) is 6.92 Å². The third kappa shape index (κ3) is 3.89. The monoisotopic (exact) mass is 315 g/mol. The fourth-order valence-corrected chi connectivity index (χ4v) is 2.73. The van der Waals surface area contributed by atoms with E-state index in [1.165, 1.54) is 6.20 Å². The van der Waals surface area contributed by atoms with Crippen molar-refractivity contribution in [2.75, 3.05) is 13.6 Å². The van der Waals surface area contributed by atoms with E-state index >= 15 is 0 Å².